The van der Waals surface area contributed by atoms with E-state index >= 15 is 0 Å². The Hall–Kier alpha value is -2.33. The second-order valence-electron chi connectivity index (χ2n) is 7.98. The smallest absolute Gasteiger partial charge is 0.469 e. The molecule has 4 N–H and O–H groups in total. The van der Waals surface area contributed by atoms with Crippen molar-refractivity contribution >= 4 is 43.7 Å². The molecule has 12 heteroatoms. The van der Waals surface area contributed by atoms with E-state index in [1.807, 2.05) is 4.90 Å². The van der Waals surface area contributed by atoms with E-state index in [1.54, 1.807) is 31.3 Å². The van der Waals surface area contributed by atoms with Crippen LogP contribution in [-0.4, -0.2) is 59.0 Å². The fourth-order valence-electron chi connectivity index (χ4n) is 4.23. The number of benzene rings is 2. The van der Waals surface area contributed by atoms with Crippen LogP contribution in [0.2, 0.25) is 5.02 Å². The molecular formula is C21H20BClNO8P. The molecule has 0 amide bonds. The molecule has 0 spiro atoms. The molecule has 2 unspecified atom stereocenters. The molecule has 33 heavy (non-hydrogen) atoms. The molecule has 3 aromatic rings. The molecule has 1 saturated heterocycles. The Morgan fingerprint density at radius 3 is 2.61 bits per heavy atom. The van der Waals surface area contributed by atoms with Crippen LogP contribution in [0, 0.1) is 0 Å². The number of phosphoric acid groups is 1. The monoisotopic (exact) mass is 491 g/mol. The average Bonchev–Trinajstić information content (AvgIpc) is 2.72. The van der Waals surface area contributed by atoms with Gasteiger partial charge in [-0.15, -0.1) is 0 Å². The lowest BCUT2D eigenvalue weighted by Gasteiger charge is -2.37. The summed E-state index contributed by atoms with van der Waals surface area (Å²) < 4.78 is 22.6. The third kappa shape index (κ3) is 4.55. The van der Waals surface area contributed by atoms with E-state index in [1.165, 1.54) is 0 Å². The minimum absolute atomic E-state index is 0.0258. The number of hydrogen-bond acceptors (Lipinski definition) is 7. The molecule has 2 radical (unpaired) electrons. The van der Waals surface area contributed by atoms with Crippen molar-refractivity contribution in [3.8, 4) is 22.8 Å². The quantitative estimate of drug-likeness (QED) is 0.319. The Balaban J connectivity index is 2.01. The van der Waals surface area contributed by atoms with Crippen LogP contribution in [0.4, 0.5) is 0 Å². The molecule has 2 heterocycles. The molecular weight excluding hydrogens is 471 g/mol. The van der Waals surface area contributed by atoms with Crippen molar-refractivity contribution in [2.45, 2.75) is 18.4 Å². The predicted molar refractivity (Wildman–Crippen MR) is 123 cm³/mol. The normalized spacial score (nSPS) is 19.8. The van der Waals surface area contributed by atoms with Gasteiger partial charge in [-0.05, 0) is 37.6 Å². The van der Waals surface area contributed by atoms with E-state index < -0.39 is 42.2 Å². The molecule has 172 valence electrons. The topological polar surface area (TPSA) is 141 Å². The second kappa shape index (κ2) is 8.79. The van der Waals surface area contributed by atoms with E-state index in [9.17, 15) is 29.4 Å². The molecule has 0 bridgehead atoms. The van der Waals surface area contributed by atoms with Gasteiger partial charge < -0.3 is 29.3 Å². The Kier molecular flexibility index (Phi) is 6.35. The van der Waals surface area contributed by atoms with Crippen molar-refractivity contribution in [2.75, 3.05) is 20.1 Å². The van der Waals surface area contributed by atoms with Crippen molar-refractivity contribution in [3.05, 3.63) is 51.1 Å². The number of phosphoric ester groups is 1. The standard InChI is InChI=1S/C21H20BClNO8P/c1-24-7-6-11(15(9-24)32-33(28,29)30)16-19(26)18(22)20(27)17-13(25)8-14(31-21(16)17)10-4-2-3-5-12(10)23/h2-5,8,11,15,26-27H,6-7,9H2,1H3,(H2,28,29,30). The number of phenols is 2. The summed E-state index contributed by atoms with van der Waals surface area (Å²) in [5, 5.41) is 21.5. The zero-order chi connectivity index (χ0) is 24.1. The van der Waals surface area contributed by atoms with Crippen molar-refractivity contribution < 1.29 is 33.5 Å². The highest BCUT2D eigenvalue weighted by atomic mass is 35.5. The van der Waals surface area contributed by atoms with Gasteiger partial charge in [-0.3, -0.25) is 9.32 Å². The zero-order valence-corrected chi connectivity index (χ0v) is 19.1. The first-order valence-electron chi connectivity index (χ1n) is 9.96. The van der Waals surface area contributed by atoms with Crippen molar-refractivity contribution in [1.82, 2.24) is 4.90 Å². The van der Waals surface area contributed by atoms with Gasteiger partial charge in [0, 0.05) is 29.7 Å². The van der Waals surface area contributed by atoms with Gasteiger partial charge >= 0.3 is 7.82 Å². The first-order valence-corrected chi connectivity index (χ1v) is 11.9. The predicted octanol–water partition coefficient (Wildman–Crippen LogP) is 2.22. The van der Waals surface area contributed by atoms with E-state index in [0.29, 0.717) is 23.6 Å². The van der Waals surface area contributed by atoms with Crippen LogP contribution in [0.15, 0.2) is 39.5 Å². The Morgan fingerprint density at radius 1 is 1.24 bits per heavy atom. The molecule has 0 aliphatic carbocycles. The number of rotatable bonds is 4. The zero-order valence-electron chi connectivity index (χ0n) is 17.4. The molecule has 1 fully saturated rings. The summed E-state index contributed by atoms with van der Waals surface area (Å²) in [5.74, 6) is -1.91. The lowest BCUT2D eigenvalue weighted by atomic mass is 9.80. The second-order valence-corrected chi connectivity index (χ2v) is 9.57. The number of fused-ring (bicyclic) bond motifs is 1. The average molecular weight is 492 g/mol. The summed E-state index contributed by atoms with van der Waals surface area (Å²) in [6.45, 7) is 0.633. The molecule has 9 nitrogen and oxygen atoms in total. The molecule has 0 saturated carbocycles. The van der Waals surface area contributed by atoms with Crippen LogP contribution >= 0.6 is 19.4 Å². The first-order chi connectivity index (χ1) is 15.5. The summed E-state index contributed by atoms with van der Waals surface area (Å²) in [5.41, 5.74) is -0.791. The highest BCUT2D eigenvalue weighted by Gasteiger charge is 2.38. The fraction of sp³-hybridized carbons (Fsp3) is 0.286. The van der Waals surface area contributed by atoms with Gasteiger partial charge in [0.2, 0.25) is 0 Å². The SMILES string of the molecule is [B]c1c(O)c(C2CCN(C)CC2OP(=O)(O)O)c2oc(-c3ccccc3Cl)cc(=O)c2c1O. The molecule has 2 aromatic carbocycles. The third-order valence-corrected chi connectivity index (χ3v) is 6.61. The van der Waals surface area contributed by atoms with Crippen molar-refractivity contribution in [3.63, 3.8) is 0 Å². The van der Waals surface area contributed by atoms with E-state index in [4.69, 9.17) is 28.4 Å². The minimum atomic E-state index is -4.89. The van der Waals surface area contributed by atoms with Crippen LogP contribution < -0.4 is 10.9 Å². The summed E-state index contributed by atoms with van der Waals surface area (Å²) >= 11 is 6.26. The molecule has 1 aromatic heterocycles. The lowest BCUT2D eigenvalue weighted by Crippen LogP contribution is -2.42. The fourth-order valence-corrected chi connectivity index (χ4v) is 5.02. The van der Waals surface area contributed by atoms with Crippen LogP contribution in [0.3, 0.4) is 0 Å². The number of phenolic OH excluding ortho intramolecular Hbond substituents is 2. The number of hydrogen-bond donors (Lipinski definition) is 4. The van der Waals surface area contributed by atoms with E-state index in [0.717, 1.165) is 6.07 Å². The largest absolute Gasteiger partial charge is 0.508 e. The van der Waals surface area contributed by atoms with Gasteiger partial charge in [-0.1, -0.05) is 23.7 Å². The molecule has 1 aliphatic heterocycles. The number of likely N-dealkylation sites (tertiary alicyclic amines) is 1. The maximum absolute atomic E-state index is 13.0. The van der Waals surface area contributed by atoms with Crippen LogP contribution in [0.5, 0.6) is 11.5 Å². The molecule has 4 rings (SSSR count). The van der Waals surface area contributed by atoms with Crippen LogP contribution in [0.25, 0.3) is 22.3 Å². The third-order valence-electron chi connectivity index (χ3n) is 5.74. The van der Waals surface area contributed by atoms with E-state index in [2.05, 4.69) is 0 Å². The minimum Gasteiger partial charge on any atom is -0.508 e. The summed E-state index contributed by atoms with van der Waals surface area (Å²) in [6.07, 6.45) is -0.759. The van der Waals surface area contributed by atoms with Crippen molar-refractivity contribution in [2.24, 2.45) is 0 Å². The van der Waals surface area contributed by atoms with Gasteiger partial charge in [0.25, 0.3) is 0 Å². The van der Waals surface area contributed by atoms with Crippen molar-refractivity contribution in [1.29, 1.82) is 0 Å². The Bertz CT molecular complexity index is 1340. The summed E-state index contributed by atoms with van der Waals surface area (Å²) in [6, 6.07) is 7.81. The Labute approximate surface area is 194 Å². The number of nitrogens with zero attached hydrogens (tertiary/aromatic N) is 1. The molecule has 2 atom stereocenters. The Morgan fingerprint density at radius 2 is 1.94 bits per heavy atom. The highest BCUT2D eigenvalue weighted by Crippen LogP contribution is 2.47. The van der Waals surface area contributed by atoms with Gasteiger partial charge in [-0.2, -0.15) is 0 Å². The number of piperidine rings is 1. The van der Waals surface area contributed by atoms with Gasteiger partial charge in [0.1, 0.15) is 36.1 Å². The number of aromatic hydroxyl groups is 2. The maximum Gasteiger partial charge on any atom is 0.469 e. The maximum atomic E-state index is 13.0. The first kappa shape index (κ1) is 23.8. The van der Waals surface area contributed by atoms with Gasteiger partial charge in [0.05, 0.1) is 11.1 Å². The van der Waals surface area contributed by atoms with Gasteiger partial charge in [0.15, 0.2) is 5.43 Å². The lowest BCUT2D eigenvalue weighted by molar-refractivity contribution is 0.0545. The summed E-state index contributed by atoms with van der Waals surface area (Å²) in [7, 11) is 2.76. The highest BCUT2D eigenvalue weighted by molar-refractivity contribution is 7.46. The van der Waals surface area contributed by atoms with Crippen LogP contribution in [0.1, 0.15) is 17.9 Å². The number of likely N-dealkylation sites (N-methyl/N-ethyl adjacent to an activating group) is 1. The number of halogens is 1. The van der Waals surface area contributed by atoms with Gasteiger partial charge in [-0.25, -0.2) is 4.57 Å². The summed E-state index contributed by atoms with van der Waals surface area (Å²) in [4.78, 5) is 33.7. The van der Waals surface area contributed by atoms with Crippen LogP contribution in [-0.2, 0) is 9.09 Å². The molecule has 1 aliphatic rings. The van der Waals surface area contributed by atoms with E-state index in [-0.39, 0.29) is 28.8 Å².